The summed E-state index contributed by atoms with van der Waals surface area (Å²) in [7, 11) is 0. The van der Waals surface area contributed by atoms with Crippen LogP contribution in [0.1, 0.15) is 31.2 Å². The maximum atomic E-state index is 12.6. The van der Waals surface area contributed by atoms with E-state index in [0.717, 1.165) is 31.4 Å². The standard InChI is InChI=1S/C14H15BrF3N/c15-10-7-12-5-6-13(8-10)19(12)11-3-1-9(2-4-11)14(16,17)18/h1-4,10,12-13H,5-8H2. The van der Waals surface area contributed by atoms with E-state index in [1.807, 2.05) is 0 Å². The van der Waals surface area contributed by atoms with Gasteiger partial charge >= 0.3 is 6.18 Å². The molecule has 0 aromatic heterocycles. The van der Waals surface area contributed by atoms with Crippen molar-refractivity contribution in [2.45, 2.75) is 48.8 Å². The van der Waals surface area contributed by atoms with Crippen molar-refractivity contribution in [1.82, 2.24) is 0 Å². The number of rotatable bonds is 1. The number of nitrogens with zero attached hydrogens (tertiary/aromatic N) is 1. The third-order valence-electron chi connectivity index (χ3n) is 4.17. The van der Waals surface area contributed by atoms with E-state index >= 15 is 0 Å². The van der Waals surface area contributed by atoms with Gasteiger partial charge in [-0.3, -0.25) is 0 Å². The van der Waals surface area contributed by atoms with E-state index in [4.69, 9.17) is 0 Å². The zero-order valence-electron chi connectivity index (χ0n) is 10.3. The van der Waals surface area contributed by atoms with Crippen molar-refractivity contribution >= 4 is 21.6 Å². The molecule has 0 spiro atoms. The fourth-order valence-corrected chi connectivity index (χ4v) is 4.22. The van der Waals surface area contributed by atoms with Crippen molar-refractivity contribution in [2.75, 3.05) is 4.90 Å². The molecule has 1 nitrogen and oxygen atoms in total. The van der Waals surface area contributed by atoms with Crippen molar-refractivity contribution in [2.24, 2.45) is 0 Å². The Labute approximate surface area is 118 Å². The monoisotopic (exact) mass is 333 g/mol. The average molecular weight is 334 g/mol. The average Bonchev–Trinajstić information content (AvgIpc) is 2.61. The normalized spacial score (nSPS) is 30.7. The smallest absolute Gasteiger partial charge is 0.365 e. The molecule has 2 atom stereocenters. The molecule has 0 N–H and O–H groups in total. The second-order valence-electron chi connectivity index (χ2n) is 5.41. The van der Waals surface area contributed by atoms with Gasteiger partial charge in [0.05, 0.1) is 5.56 Å². The van der Waals surface area contributed by atoms with Crippen molar-refractivity contribution in [1.29, 1.82) is 0 Å². The first-order chi connectivity index (χ1) is 8.95. The van der Waals surface area contributed by atoms with E-state index in [0.29, 0.717) is 16.9 Å². The lowest BCUT2D eigenvalue weighted by Crippen LogP contribution is -2.43. The highest BCUT2D eigenvalue weighted by Gasteiger charge is 2.40. The molecular weight excluding hydrogens is 319 g/mol. The summed E-state index contributed by atoms with van der Waals surface area (Å²) in [6, 6.07) is 6.55. The number of alkyl halides is 4. The Hall–Kier alpha value is -0.710. The van der Waals surface area contributed by atoms with Crippen molar-refractivity contribution in [3.63, 3.8) is 0 Å². The minimum absolute atomic E-state index is 0.472. The molecule has 1 aromatic carbocycles. The van der Waals surface area contributed by atoms with Crippen LogP contribution < -0.4 is 4.90 Å². The summed E-state index contributed by atoms with van der Waals surface area (Å²) < 4.78 is 37.7. The van der Waals surface area contributed by atoms with Gasteiger partial charge in [-0.15, -0.1) is 0 Å². The predicted molar refractivity (Wildman–Crippen MR) is 72.7 cm³/mol. The molecule has 3 rings (SSSR count). The van der Waals surface area contributed by atoms with E-state index < -0.39 is 11.7 Å². The zero-order chi connectivity index (χ0) is 13.6. The lowest BCUT2D eigenvalue weighted by Gasteiger charge is -2.39. The van der Waals surface area contributed by atoms with Gasteiger partial charge in [-0.2, -0.15) is 13.2 Å². The Morgan fingerprint density at radius 2 is 1.53 bits per heavy atom. The molecule has 5 heteroatoms. The third kappa shape index (κ3) is 2.49. The fraction of sp³-hybridized carbons (Fsp3) is 0.571. The SMILES string of the molecule is FC(F)(F)c1ccc(N2C3CCC2CC(Br)C3)cc1. The Morgan fingerprint density at radius 1 is 1.00 bits per heavy atom. The van der Waals surface area contributed by atoms with Crippen molar-refractivity contribution in [3.8, 4) is 0 Å². The molecule has 2 saturated heterocycles. The van der Waals surface area contributed by atoms with Crippen LogP contribution in [0.3, 0.4) is 0 Å². The van der Waals surface area contributed by atoms with Gasteiger partial charge in [0, 0.05) is 22.6 Å². The molecule has 0 saturated carbocycles. The number of piperidine rings is 1. The van der Waals surface area contributed by atoms with Crippen LogP contribution in [-0.2, 0) is 6.18 Å². The number of anilines is 1. The van der Waals surface area contributed by atoms with E-state index in [1.54, 1.807) is 12.1 Å². The first-order valence-electron chi connectivity index (χ1n) is 6.55. The Bertz CT molecular complexity index is 443. The number of hydrogen-bond donors (Lipinski definition) is 0. The van der Waals surface area contributed by atoms with Crippen molar-refractivity contribution in [3.05, 3.63) is 29.8 Å². The van der Waals surface area contributed by atoms with Crippen LogP contribution in [-0.4, -0.2) is 16.9 Å². The van der Waals surface area contributed by atoms with Crippen LogP contribution in [0.5, 0.6) is 0 Å². The van der Waals surface area contributed by atoms with E-state index in [2.05, 4.69) is 20.8 Å². The molecule has 0 aliphatic carbocycles. The van der Waals surface area contributed by atoms with Gasteiger partial charge in [-0.05, 0) is 49.9 Å². The summed E-state index contributed by atoms with van der Waals surface area (Å²) in [4.78, 5) is 2.87. The Balaban J connectivity index is 1.84. The molecule has 2 aliphatic rings. The predicted octanol–water partition coefficient (Wildman–Crippen LogP) is 4.60. The second-order valence-corrected chi connectivity index (χ2v) is 6.70. The summed E-state index contributed by atoms with van der Waals surface area (Å²) in [5.74, 6) is 0. The fourth-order valence-electron chi connectivity index (χ4n) is 3.35. The van der Waals surface area contributed by atoms with E-state index in [9.17, 15) is 13.2 Å². The first kappa shape index (κ1) is 13.3. The molecule has 2 heterocycles. The maximum absolute atomic E-state index is 12.6. The van der Waals surface area contributed by atoms with Gasteiger partial charge in [-0.25, -0.2) is 0 Å². The van der Waals surface area contributed by atoms with Crippen LogP contribution >= 0.6 is 15.9 Å². The van der Waals surface area contributed by atoms with Crippen LogP contribution in [0.4, 0.5) is 18.9 Å². The van der Waals surface area contributed by atoms with Crippen LogP contribution in [0.25, 0.3) is 0 Å². The molecule has 1 aromatic rings. The molecule has 2 aliphatic heterocycles. The third-order valence-corrected chi connectivity index (χ3v) is 4.92. The highest BCUT2D eigenvalue weighted by atomic mass is 79.9. The van der Waals surface area contributed by atoms with Gasteiger partial charge in [0.1, 0.15) is 0 Å². The molecule has 2 fully saturated rings. The first-order valence-corrected chi connectivity index (χ1v) is 7.46. The van der Waals surface area contributed by atoms with Gasteiger partial charge < -0.3 is 4.90 Å². The maximum Gasteiger partial charge on any atom is 0.416 e. The summed E-state index contributed by atoms with van der Waals surface area (Å²) in [6.07, 6.45) is 0.205. The number of fused-ring (bicyclic) bond motifs is 2. The summed E-state index contributed by atoms with van der Waals surface area (Å²) >= 11 is 3.67. The van der Waals surface area contributed by atoms with Gasteiger partial charge in [-0.1, -0.05) is 15.9 Å². The lowest BCUT2D eigenvalue weighted by atomic mass is 10.0. The molecule has 0 radical (unpaired) electrons. The second kappa shape index (κ2) is 4.69. The highest BCUT2D eigenvalue weighted by molar-refractivity contribution is 9.09. The molecule has 0 amide bonds. The topological polar surface area (TPSA) is 3.24 Å². The molecule has 2 unspecified atom stereocenters. The quantitative estimate of drug-likeness (QED) is 0.679. The minimum atomic E-state index is -4.25. The number of hydrogen-bond acceptors (Lipinski definition) is 1. The Morgan fingerprint density at radius 3 is 2.00 bits per heavy atom. The summed E-state index contributed by atoms with van der Waals surface area (Å²) in [5, 5.41) is 0. The molecule has 104 valence electrons. The van der Waals surface area contributed by atoms with Gasteiger partial charge in [0.15, 0.2) is 0 Å². The largest absolute Gasteiger partial charge is 0.416 e. The van der Waals surface area contributed by atoms with E-state index in [-0.39, 0.29) is 0 Å². The van der Waals surface area contributed by atoms with Crippen molar-refractivity contribution < 1.29 is 13.2 Å². The van der Waals surface area contributed by atoms with Crippen LogP contribution in [0.2, 0.25) is 0 Å². The Kier molecular flexibility index (Phi) is 3.28. The van der Waals surface area contributed by atoms with Crippen LogP contribution in [0, 0.1) is 0 Å². The van der Waals surface area contributed by atoms with Gasteiger partial charge in [0.2, 0.25) is 0 Å². The highest BCUT2D eigenvalue weighted by Crippen LogP contribution is 2.42. The molecule has 2 bridgehead atoms. The molecule has 19 heavy (non-hydrogen) atoms. The number of benzene rings is 1. The van der Waals surface area contributed by atoms with Gasteiger partial charge in [0.25, 0.3) is 0 Å². The summed E-state index contributed by atoms with van der Waals surface area (Å²) in [6.45, 7) is 0. The molecular formula is C14H15BrF3N. The number of halogens is 4. The lowest BCUT2D eigenvalue weighted by molar-refractivity contribution is -0.137. The van der Waals surface area contributed by atoms with E-state index in [1.165, 1.54) is 12.1 Å². The van der Waals surface area contributed by atoms with Crippen LogP contribution in [0.15, 0.2) is 24.3 Å². The summed E-state index contributed by atoms with van der Waals surface area (Å²) in [5.41, 5.74) is 0.360. The zero-order valence-corrected chi connectivity index (χ0v) is 11.9. The minimum Gasteiger partial charge on any atom is -0.365 e.